The molecule has 1 saturated carbocycles. The third-order valence-corrected chi connectivity index (χ3v) is 2.55. The summed E-state index contributed by atoms with van der Waals surface area (Å²) in [5.41, 5.74) is 0. The summed E-state index contributed by atoms with van der Waals surface area (Å²) in [6, 6.07) is -1.48. The average molecular weight is 243 g/mol. The molecule has 0 aromatic carbocycles. The van der Waals surface area contributed by atoms with Crippen LogP contribution in [-0.2, 0) is 9.59 Å². The van der Waals surface area contributed by atoms with Crippen molar-refractivity contribution in [2.75, 3.05) is 20.6 Å². The van der Waals surface area contributed by atoms with E-state index in [1.165, 1.54) is 4.90 Å². The topological polar surface area (TPSA) is 98.7 Å². The largest absolute Gasteiger partial charge is 0.480 e. The fraction of sp³-hybridized carbons (Fsp3) is 0.700. The average Bonchev–Trinajstić information content (AvgIpc) is 3.05. The van der Waals surface area contributed by atoms with Crippen molar-refractivity contribution in [3.63, 3.8) is 0 Å². The van der Waals surface area contributed by atoms with Crippen molar-refractivity contribution >= 4 is 17.9 Å². The van der Waals surface area contributed by atoms with E-state index in [-0.39, 0.29) is 18.4 Å². The van der Waals surface area contributed by atoms with Gasteiger partial charge in [0.25, 0.3) is 0 Å². The van der Waals surface area contributed by atoms with E-state index in [9.17, 15) is 14.4 Å². The quantitative estimate of drug-likeness (QED) is 0.591. The summed E-state index contributed by atoms with van der Waals surface area (Å²) < 4.78 is 0. The van der Waals surface area contributed by atoms with Crippen LogP contribution >= 0.6 is 0 Å². The van der Waals surface area contributed by atoms with E-state index in [2.05, 4.69) is 10.6 Å². The fourth-order valence-corrected chi connectivity index (χ4v) is 1.32. The maximum atomic E-state index is 11.4. The van der Waals surface area contributed by atoms with Gasteiger partial charge in [0, 0.05) is 14.1 Å². The molecule has 0 aromatic heterocycles. The lowest BCUT2D eigenvalue weighted by Gasteiger charge is -2.15. The minimum Gasteiger partial charge on any atom is -0.480 e. The van der Waals surface area contributed by atoms with E-state index in [1.807, 2.05) is 0 Å². The molecule has 1 rings (SSSR count). The van der Waals surface area contributed by atoms with Gasteiger partial charge in [0.15, 0.2) is 0 Å². The van der Waals surface area contributed by atoms with E-state index >= 15 is 0 Å². The minimum atomic E-state index is -1.04. The molecule has 1 fully saturated rings. The Labute approximate surface area is 99.2 Å². The van der Waals surface area contributed by atoms with Gasteiger partial charge in [-0.3, -0.25) is 4.79 Å². The van der Waals surface area contributed by atoms with Gasteiger partial charge in [-0.05, 0) is 18.8 Å². The Morgan fingerprint density at radius 2 is 1.94 bits per heavy atom. The number of nitrogens with one attached hydrogen (secondary N) is 2. The molecule has 7 nitrogen and oxygen atoms in total. The Kier molecular flexibility index (Phi) is 4.30. The number of carboxylic acid groups (broad SMARTS) is 1. The Balaban J connectivity index is 2.32. The maximum absolute atomic E-state index is 11.4. The van der Waals surface area contributed by atoms with Gasteiger partial charge in [0.05, 0.1) is 6.54 Å². The van der Waals surface area contributed by atoms with Gasteiger partial charge < -0.3 is 20.6 Å². The molecule has 0 bridgehead atoms. The van der Waals surface area contributed by atoms with Gasteiger partial charge >= 0.3 is 12.0 Å². The van der Waals surface area contributed by atoms with Crippen molar-refractivity contribution in [3.05, 3.63) is 0 Å². The monoisotopic (exact) mass is 243 g/mol. The van der Waals surface area contributed by atoms with Gasteiger partial charge in [0.2, 0.25) is 5.91 Å². The predicted molar refractivity (Wildman–Crippen MR) is 59.4 cm³/mol. The Morgan fingerprint density at radius 3 is 2.35 bits per heavy atom. The molecule has 0 saturated heterocycles. The molecule has 1 aliphatic rings. The Bertz CT molecular complexity index is 326. The molecule has 3 N–H and O–H groups in total. The summed E-state index contributed by atoms with van der Waals surface area (Å²) in [4.78, 5) is 34.7. The molecule has 96 valence electrons. The lowest BCUT2D eigenvalue weighted by atomic mass is 10.2. The molecule has 17 heavy (non-hydrogen) atoms. The third-order valence-electron chi connectivity index (χ3n) is 2.55. The summed E-state index contributed by atoms with van der Waals surface area (Å²) in [7, 11) is 3.15. The number of hydrogen-bond donors (Lipinski definition) is 3. The zero-order chi connectivity index (χ0) is 13.0. The second-order valence-corrected chi connectivity index (χ2v) is 4.27. The van der Waals surface area contributed by atoms with Crippen LogP contribution in [0.3, 0.4) is 0 Å². The van der Waals surface area contributed by atoms with Crippen molar-refractivity contribution in [2.24, 2.45) is 5.92 Å². The molecule has 0 heterocycles. The van der Waals surface area contributed by atoms with Crippen molar-refractivity contribution in [1.29, 1.82) is 0 Å². The van der Waals surface area contributed by atoms with Crippen LogP contribution < -0.4 is 10.6 Å². The minimum absolute atomic E-state index is 0.0165. The molecule has 0 radical (unpaired) electrons. The molecular weight excluding hydrogens is 226 g/mol. The smallest absolute Gasteiger partial charge is 0.326 e. The van der Waals surface area contributed by atoms with Crippen LogP contribution in [0.5, 0.6) is 0 Å². The first-order valence-electron chi connectivity index (χ1n) is 5.39. The highest BCUT2D eigenvalue weighted by atomic mass is 16.4. The summed E-state index contributed by atoms with van der Waals surface area (Å²) in [6.45, 7) is -0.143. The van der Waals surface area contributed by atoms with Crippen LogP contribution in [0.2, 0.25) is 0 Å². The SMILES string of the molecule is CN(C)C(=O)CNC(=O)NC(C(=O)O)C1CC1. The first kappa shape index (κ1) is 13.3. The molecule has 7 heteroatoms. The van der Waals surface area contributed by atoms with E-state index in [4.69, 9.17) is 5.11 Å². The fourth-order valence-electron chi connectivity index (χ4n) is 1.32. The number of carboxylic acids is 1. The van der Waals surface area contributed by atoms with Crippen molar-refractivity contribution in [1.82, 2.24) is 15.5 Å². The van der Waals surface area contributed by atoms with Gasteiger partial charge in [-0.2, -0.15) is 0 Å². The molecule has 0 aromatic rings. The van der Waals surface area contributed by atoms with Crippen LogP contribution in [0, 0.1) is 5.92 Å². The van der Waals surface area contributed by atoms with E-state index in [1.54, 1.807) is 14.1 Å². The molecule has 1 unspecified atom stereocenters. The van der Waals surface area contributed by atoms with Crippen molar-refractivity contribution in [3.8, 4) is 0 Å². The number of amides is 3. The van der Waals surface area contributed by atoms with E-state index in [0.29, 0.717) is 0 Å². The zero-order valence-electron chi connectivity index (χ0n) is 9.90. The zero-order valence-corrected chi connectivity index (χ0v) is 9.90. The number of carbonyl (C=O) groups excluding carboxylic acids is 2. The predicted octanol–water partition coefficient (Wildman–Crippen LogP) is -0.763. The highest BCUT2D eigenvalue weighted by Crippen LogP contribution is 2.32. The van der Waals surface area contributed by atoms with Crippen molar-refractivity contribution < 1.29 is 19.5 Å². The first-order chi connectivity index (χ1) is 7.91. The first-order valence-corrected chi connectivity index (χ1v) is 5.39. The Morgan fingerprint density at radius 1 is 1.35 bits per heavy atom. The number of urea groups is 1. The lowest BCUT2D eigenvalue weighted by Crippen LogP contribution is -2.49. The number of carbonyl (C=O) groups is 3. The molecular formula is C10H17N3O4. The molecule has 3 amide bonds. The van der Waals surface area contributed by atoms with Gasteiger partial charge in [-0.15, -0.1) is 0 Å². The van der Waals surface area contributed by atoms with Gasteiger partial charge in [-0.1, -0.05) is 0 Å². The number of hydrogen-bond acceptors (Lipinski definition) is 3. The van der Waals surface area contributed by atoms with E-state index < -0.39 is 18.0 Å². The van der Waals surface area contributed by atoms with Gasteiger partial charge in [-0.25, -0.2) is 9.59 Å². The summed E-state index contributed by atoms with van der Waals surface area (Å²) in [5, 5.41) is 13.6. The summed E-state index contributed by atoms with van der Waals surface area (Å²) in [6.07, 6.45) is 1.63. The standard InChI is InChI=1S/C10H17N3O4/c1-13(2)7(14)5-11-10(17)12-8(9(15)16)6-3-4-6/h6,8H,3-5H2,1-2H3,(H,15,16)(H2,11,12,17). The van der Waals surface area contributed by atoms with Crippen LogP contribution in [0.15, 0.2) is 0 Å². The maximum Gasteiger partial charge on any atom is 0.326 e. The number of nitrogens with zero attached hydrogens (tertiary/aromatic N) is 1. The molecule has 0 spiro atoms. The molecule has 0 aliphatic heterocycles. The second-order valence-electron chi connectivity index (χ2n) is 4.27. The van der Waals surface area contributed by atoms with Crippen LogP contribution in [0.4, 0.5) is 4.79 Å². The third kappa shape index (κ3) is 4.29. The van der Waals surface area contributed by atoms with Crippen LogP contribution in [0.25, 0.3) is 0 Å². The van der Waals surface area contributed by atoms with E-state index in [0.717, 1.165) is 12.8 Å². The Hall–Kier alpha value is -1.79. The van der Waals surface area contributed by atoms with Crippen LogP contribution in [0.1, 0.15) is 12.8 Å². The number of aliphatic carboxylic acids is 1. The highest BCUT2D eigenvalue weighted by Gasteiger charge is 2.37. The second kappa shape index (κ2) is 5.51. The molecule has 1 atom stereocenters. The number of likely N-dealkylation sites (N-methyl/N-ethyl adjacent to an activating group) is 1. The molecule has 1 aliphatic carbocycles. The normalized spacial score (nSPS) is 15.9. The summed E-state index contributed by atoms with van der Waals surface area (Å²) in [5.74, 6) is -1.28. The summed E-state index contributed by atoms with van der Waals surface area (Å²) >= 11 is 0. The highest BCUT2D eigenvalue weighted by molar-refractivity contribution is 5.86. The van der Waals surface area contributed by atoms with Crippen LogP contribution in [-0.4, -0.2) is 54.6 Å². The number of rotatable bonds is 5. The lowest BCUT2D eigenvalue weighted by molar-refractivity contribution is -0.139. The van der Waals surface area contributed by atoms with Gasteiger partial charge in [0.1, 0.15) is 6.04 Å². The van der Waals surface area contributed by atoms with Crippen molar-refractivity contribution in [2.45, 2.75) is 18.9 Å².